The monoisotopic (exact) mass is 294 g/mol. The second-order valence-corrected chi connectivity index (χ2v) is 8.09. The summed E-state index contributed by atoms with van der Waals surface area (Å²) in [5, 5.41) is 0. The van der Waals surface area contributed by atoms with Crippen LogP contribution in [0.25, 0.3) is 0 Å². The molecule has 1 saturated heterocycles. The van der Waals surface area contributed by atoms with Crippen molar-refractivity contribution in [3.05, 3.63) is 23.3 Å². The van der Waals surface area contributed by atoms with Crippen molar-refractivity contribution in [1.29, 1.82) is 0 Å². The number of sulfonamides is 1. The molecule has 1 heterocycles. The van der Waals surface area contributed by atoms with Crippen LogP contribution in [0.3, 0.4) is 0 Å². The molecule has 3 rings (SSSR count). The van der Waals surface area contributed by atoms with E-state index in [4.69, 9.17) is 5.73 Å². The molecular weight excluding hydrogens is 272 g/mol. The molecule has 20 heavy (non-hydrogen) atoms. The lowest BCUT2D eigenvalue weighted by Crippen LogP contribution is -2.31. The SMILES string of the molecule is Cc1ccc(C)c(S(=O)(=O)N2CC3CCCC3C2)c1N. The first kappa shape index (κ1) is 13.9. The van der Waals surface area contributed by atoms with Crippen LogP contribution in [0, 0.1) is 25.7 Å². The van der Waals surface area contributed by atoms with Gasteiger partial charge in [0.05, 0.1) is 5.69 Å². The van der Waals surface area contributed by atoms with Crippen molar-refractivity contribution in [2.45, 2.75) is 38.0 Å². The molecule has 1 aromatic carbocycles. The zero-order chi connectivity index (χ0) is 14.5. The molecule has 2 N–H and O–H groups in total. The molecule has 0 spiro atoms. The van der Waals surface area contributed by atoms with Crippen LogP contribution in [0.1, 0.15) is 30.4 Å². The first-order valence-corrected chi connectivity index (χ1v) is 8.71. The summed E-state index contributed by atoms with van der Waals surface area (Å²) in [5.74, 6) is 1.10. The number of anilines is 1. The lowest BCUT2D eigenvalue weighted by molar-refractivity contribution is 0.445. The van der Waals surface area contributed by atoms with Crippen LogP contribution >= 0.6 is 0 Å². The number of fused-ring (bicyclic) bond motifs is 1. The van der Waals surface area contributed by atoms with Gasteiger partial charge in [-0.15, -0.1) is 0 Å². The predicted molar refractivity (Wildman–Crippen MR) is 79.9 cm³/mol. The number of benzene rings is 1. The fourth-order valence-electron chi connectivity index (χ4n) is 3.67. The normalized spacial score (nSPS) is 26.9. The minimum Gasteiger partial charge on any atom is -0.397 e. The van der Waals surface area contributed by atoms with Crippen LogP contribution in [0.15, 0.2) is 17.0 Å². The van der Waals surface area contributed by atoms with Gasteiger partial charge < -0.3 is 5.73 Å². The standard InChI is InChI=1S/C15H22N2O2S/c1-10-6-7-11(2)15(14(10)16)20(18,19)17-8-12-4-3-5-13(12)9-17/h6-7,12-13H,3-5,8-9,16H2,1-2H3. The Morgan fingerprint density at radius 3 is 2.25 bits per heavy atom. The van der Waals surface area contributed by atoms with Gasteiger partial charge in [-0.25, -0.2) is 8.42 Å². The molecule has 1 aliphatic heterocycles. The molecule has 2 fully saturated rings. The summed E-state index contributed by atoms with van der Waals surface area (Å²) in [6.45, 7) is 5.01. The molecule has 1 saturated carbocycles. The second kappa shape index (κ2) is 4.74. The van der Waals surface area contributed by atoms with Gasteiger partial charge in [0, 0.05) is 13.1 Å². The molecule has 1 aromatic rings. The van der Waals surface area contributed by atoms with E-state index in [1.54, 1.807) is 4.31 Å². The van der Waals surface area contributed by atoms with Crippen molar-refractivity contribution in [1.82, 2.24) is 4.31 Å². The summed E-state index contributed by atoms with van der Waals surface area (Å²) < 4.78 is 27.5. The molecule has 2 aliphatic rings. The van der Waals surface area contributed by atoms with Gasteiger partial charge in [0.1, 0.15) is 4.90 Å². The van der Waals surface area contributed by atoms with Gasteiger partial charge in [-0.1, -0.05) is 18.6 Å². The first-order valence-electron chi connectivity index (χ1n) is 7.27. The largest absolute Gasteiger partial charge is 0.397 e. The quantitative estimate of drug-likeness (QED) is 0.851. The van der Waals surface area contributed by atoms with Crippen LogP contribution in [0.5, 0.6) is 0 Å². The van der Waals surface area contributed by atoms with E-state index < -0.39 is 10.0 Å². The van der Waals surface area contributed by atoms with Gasteiger partial charge in [0.2, 0.25) is 10.0 Å². The highest BCUT2D eigenvalue weighted by Crippen LogP contribution is 2.41. The Balaban J connectivity index is 1.99. The van der Waals surface area contributed by atoms with Crippen LogP contribution in [-0.4, -0.2) is 25.8 Å². The molecule has 0 amide bonds. The van der Waals surface area contributed by atoms with E-state index in [0.29, 0.717) is 35.5 Å². The van der Waals surface area contributed by atoms with E-state index >= 15 is 0 Å². The molecule has 0 aromatic heterocycles. The molecule has 2 unspecified atom stereocenters. The van der Waals surface area contributed by atoms with Gasteiger partial charge in [-0.3, -0.25) is 0 Å². The average Bonchev–Trinajstić information content (AvgIpc) is 2.94. The zero-order valence-electron chi connectivity index (χ0n) is 12.1. The predicted octanol–water partition coefficient (Wildman–Crippen LogP) is 2.31. The van der Waals surface area contributed by atoms with Gasteiger partial charge in [0.15, 0.2) is 0 Å². The Bertz CT molecular complexity index is 628. The van der Waals surface area contributed by atoms with Crippen LogP contribution < -0.4 is 5.73 Å². The van der Waals surface area contributed by atoms with E-state index in [-0.39, 0.29) is 0 Å². The van der Waals surface area contributed by atoms with Gasteiger partial charge >= 0.3 is 0 Å². The third-order valence-corrected chi connectivity index (χ3v) is 6.94. The highest BCUT2D eigenvalue weighted by molar-refractivity contribution is 7.89. The topological polar surface area (TPSA) is 63.4 Å². The summed E-state index contributed by atoms with van der Waals surface area (Å²) in [5.41, 5.74) is 8.02. The van der Waals surface area contributed by atoms with Gasteiger partial charge in [-0.05, 0) is 49.7 Å². The number of nitrogens with zero attached hydrogens (tertiary/aromatic N) is 1. The van der Waals surface area contributed by atoms with E-state index in [2.05, 4.69) is 0 Å². The van der Waals surface area contributed by atoms with Gasteiger partial charge in [0.25, 0.3) is 0 Å². The summed E-state index contributed by atoms with van der Waals surface area (Å²) in [7, 11) is -3.46. The smallest absolute Gasteiger partial charge is 0.245 e. The molecular formula is C15H22N2O2S. The van der Waals surface area contributed by atoms with Crippen molar-refractivity contribution in [2.75, 3.05) is 18.8 Å². The molecule has 1 aliphatic carbocycles. The van der Waals surface area contributed by atoms with Crippen LogP contribution in [-0.2, 0) is 10.0 Å². The van der Waals surface area contributed by atoms with E-state index in [0.717, 1.165) is 11.1 Å². The van der Waals surface area contributed by atoms with Crippen molar-refractivity contribution in [3.8, 4) is 0 Å². The minimum absolute atomic E-state index is 0.317. The molecule has 110 valence electrons. The van der Waals surface area contributed by atoms with Crippen LogP contribution in [0.2, 0.25) is 0 Å². The number of nitrogen functional groups attached to an aromatic ring is 1. The Morgan fingerprint density at radius 2 is 1.65 bits per heavy atom. The Kier molecular flexibility index (Phi) is 3.29. The highest BCUT2D eigenvalue weighted by atomic mass is 32.2. The van der Waals surface area contributed by atoms with Crippen molar-refractivity contribution < 1.29 is 8.42 Å². The van der Waals surface area contributed by atoms with Crippen LogP contribution in [0.4, 0.5) is 5.69 Å². The Hall–Kier alpha value is -1.07. The number of rotatable bonds is 2. The highest BCUT2D eigenvalue weighted by Gasteiger charge is 2.42. The fraction of sp³-hybridized carbons (Fsp3) is 0.600. The van der Waals surface area contributed by atoms with E-state index in [9.17, 15) is 8.42 Å². The maximum Gasteiger partial charge on any atom is 0.245 e. The fourth-order valence-corrected chi connectivity index (χ4v) is 5.61. The number of hydrogen-bond acceptors (Lipinski definition) is 3. The number of aryl methyl sites for hydroxylation is 2. The molecule has 0 radical (unpaired) electrons. The third kappa shape index (κ3) is 2.04. The molecule has 0 bridgehead atoms. The lowest BCUT2D eigenvalue weighted by Gasteiger charge is -2.20. The summed E-state index contributed by atoms with van der Waals surface area (Å²) >= 11 is 0. The zero-order valence-corrected chi connectivity index (χ0v) is 12.9. The molecule has 2 atom stereocenters. The van der Waals surface area contributed by atoms with Crippen molar-refractivity contribution >= 4 is 15.7 Å². The average molecular weight is 294 g/mol. The maximum atomic E-state index is 12.9. The Labute approximate surface area is 121 Å². The molecule has 4 nitrogen and oxygen atoms in total. The van der Waals surface area contributed by atoms with Crippen molar-refractivity contribution in [2.24, 2.45) is 11.8 Å². The Morgan fingerprint density at radius 1 is 1.10 bits per heavy atom. The molecule has 5 heteroatoms. The van der Waals surface area contributed by atoms with E-state index in [1.807, 2.05) is 26.0 Å². The summed E-state index contributed by atoms with van der Waals surface area (Å²) in [6.07, 6.45) is 3.58. The number of hydrogen-bond donors (Lipinski definition) is 1. The third-order valence-electron chi connectivity index (χ3n) is 4.90. The lowest BCUT2D eigenvalue weighted by atomic mass is 10.0. The minimum atomic E-state index is -3.46. The van der Waals surface area contributed by atoms with Gasteiger partial charge in [-0.2, -0.15) is 4.31 Å². The summed E-state index contributed by atoms with van der Waals surface area (Å²) in [4.78, 5) is 0.317. The van der Waals surface area contributed by atoms with E-state index in [1.165, 1.54) is 19.3 Å². The second-order valence-electron chi connectivity index (χ2n) is 6.22. The van der Waals surface area contributed by atoms with Crippen molar-refractivity contribution in [3.63, 3.8) is 0 Å². The number of nitrogens with two attached hydrogens (primary N) is 1. The maximum absolute atomic E-state index is 12.9. The first-order chi connectivity index (χ1) is 9.41. The summed E-state index contributed by atoms with van der Waals surface area (Å²) in [6, 6.07) is 3.72.